The van der Waals surface area contributed by atoms with Gasteiger partial charge in [0.15, 0.2) is 9.84 Å². The molecule has 0 radical (unpaired) electrons. The summed E-state index contributed by atoms with van der Waals surface area (Å²) in [4.78, 5) is 26.1. The third-order valence-electron chi connectivity index (χ3n) is 4.00. The summed E-state index contributed by atoms with van der Waals surface area (Å²) in [6, 6.07) is 10.8. The van der Waals surface area contributed by atoms with Crippen LogP contribution in [0.25, 0.3) is 0 Å². The maximum absolute atomic E-state index is 12.7. The van der Waals surface area contributed by atoms with Crippen molar-refractivity contribution in [2.45, 2.75) is 11.4 Å². The third kappa shape index (κ3) is 5.04. The molecule has 0 N–H and O–H groups in total. The van der Waals surface area contributed by atoms with Gasteiger partial charge in [-0.15, -0.1) is 0 Å². The molecule has 2 aromatic carbocycles. The van der Waals surface area contributed by atoms with Crippen molar-refractivity contribution in [2.24, 2.45) is 0 Å². The van der Waals surface area contributed by atoms with Gasteiger partial charge in [0.25, 0.3) is 11.6 Å². The zero-order chi connectivity index (χ0) is 20.4. The van der Waals surface area contributed by atoms with Gasteiger partial charge in [0, 0.05) is 57.3 Å². The van der Waals surface area contributed by atoms with Crippen LogP contribution in [0.3, 0.4) is 0 Å². The standard InChI is InChI=1S/C18H21N3O5S/c1-19(2)15-7-5-13(6-8-15)12-20(3)18(22)14-9-16(21(23)24)11-17(10-14)27(4,25)26/h5-11H,12H2,1-4H3. The molecule has 0 atom stereocenters. The number of rotatable bonds is 6. The number of carbonyl (C=O) groups excluding carboxylic acids is 1. The summed E-state index contributed by atoms with van der Waals surface area (Å²) in [5.74, 6) is -0.500. The lowest BCUT2D eigenvalue weighted by atomic mass is 10.1. The van der Waals surface area contributed by atoms with Crippen molar-refractivity contribution >= 4 is 27.1 Å². The van der Waals surface area contributed by atoms with Gasteiger partial charge in [-0.2, -0.15) is 0 Å². The van der Waals surface area contributed by atoms with Crippen molar-refractivity contribution in [3.05, 3.63) is 63.7 Å². The zero-order valence-electron chi connectivity index (χ0n) is 15.5. The highest BCUT2D eigenvalue weighted by Gasteiger charge is 2.21. The Balaban J connectivity index is 2.30. The summed E-state index contributed by atoms with van der Waals surface area (Å²) in [7, 11) is 1.71. The van der Waals surface area contributed by atoms with Crippen molar-refractivity contribution in [2.75, 3.05) is 32.3 Å². The predicted octanol–water partition coefficient (Wildman–Crippen LogP) is 2.34. The minimum atomic E-state index is -3.69. The zero-order valence-corrected chi connectivity index (χ0v) is 16.4. The molecule has 0 aliphatic heterocycles. The molecule has 0 fully saturated rings. The van der Waals surface area contributed by atoms with E-state index in [1.807, 2.05) is 43.3 Å². The highest BCUT2D eigenvalue weighted by molar-refractivity contribution is 7.90. The lowest BCUT2D eigenvalue weighted by Crippen LogP contribution is -2.26. The van der Waals surface area contributed by atoms with Crippen LogP contribution >= 0.6 is 0 Å². The van der Waals surface area contributed by atoms with Crippen molar-refractivity contribution in [3.8, 4) is 0 Å². The molecule has 0 aromatic heterocycles. The minimum Gasteiger partial charge on any atom is -0.378 e. The number of hydrogen-bond acceptors (Lipinski definition) is 6. The van der Waals surface area contributed by atoms with E-state index in [4.69, 9.17) is 0 Å². The molecule has 2 aromatic rings. The third-order valence-corrected chi connectivity index (χ3v) is 5.09. The summed E-state index contributed by atoms with van der Waals surface area (Å²) in [6.45, 7) is 0.281. The molecule has 8 nitrogen and oxygen atoms in total. The fourth-order valence-electron chi connectivity index (χ4n) is 2.49. The number of benzene rings is 2. The molecule has 0 heterocycles. The Morgan fingerprint density at radius 3 is 2.15 bits per heavy atom. The lowest BCUT2D eigenvalue weighted by Gasteiger charge is -2.19. The molecular formula is C18H21N3O5S. The number of hydrogen-bond donors (Lipinski definition) is 0. The molecule has 0 spiro atoms. The summed E-state index contributed by atoms with van der Waals surface area (Å²) in [5, 5.41) is 11.1. The van der Waals surface area contributed by atoms with E-state index in [9.17, 15) is 23.3 Å². The maximum Gasteiger partial charge on any atom is 0.271 e. The van der Waals surface area contributed by atoms with Crippen LogP contribution in [0.15, 0.2) is 47.4 Å². The fraction of sp³-hybridized carbons (Fsp3) is 0.278. The monoisotopic (exact) mass is 391 g/mol. The Morgan fingerprint density at radius 2 is 1.67 bits per heavy atom. The number of non-ortho nitro benzene ring substituents is 1. The fourth-order valence-corrected chi connectivity index (χ4v) is 3.17. The normalized spacial score (nSPS) is 11.1. The smallest absolute Gasteiger partial charge is 0.271 e. The van der Waals surface area contributed by atoms with Gasteiger partial charge in [-0.3, -0.25) is 14.9 Å². The molecule has 0 aliphatic rings. The van der Waals surface area contributed by atoms with Gasteiger partial charge in [-0.25, -0.2) is 8.42 Å². The number of nitrogens with zero attached hydrogens (tertiary/aromatic N) is 3. The molecule has 27 heavy (non-hydrogen) atoms. The van der Waals surface area contributed by atoms with Crippen molar-refractivity contribution in [1.82, 2.24) is 4.90 Å². The molecule has 144 valence electrons. The minimum absolute atomic E-state index is 0.0444. The van der Waals surface area contributed by atoms with Gasteiger partial charge in [0.05, 0.1) is 9.82 Å². The van der Waals surface area contributed by atoms with E-state index in [2.05, 4.69) is 0 Å². The highest BCUT2D eigenvalue weighted by Crippen LogP contribution is 2.22. The highest BCUT2D eigenvalue weighted by atomic mass is 32.2. The summed E-state index contributed by atoms with van der Waals surface area (Å²) in [5.41, 5.74) is 1.41. The van der Waals surface area contributed by atoms with Crippen LogP contribution in [0.4, 0.5) is 11.4 Å². The first-order valence-electron chi connectivity index (χ1n) is 8.00. The van der Waals surface area contributed by atoms with E-state index in [1.165, 1.54) is 4.90 Å². The number of sulfone groups is 1. The topological polar surface area (TPSA) is 101 Å². The Morgan fingerprint density at radius 1 is 1.07 bits per heavy atom. The number of nitro benzene ring substituents is 1. The second-order valence-electron chi connectivity index (χ2n) is 6.47. The largest absolute Gasteiger partial charge is 0.378 e. The van der Waals surface area contributed by atoms with Crippen LogP contribution in [0, 0.1) is 10.1 Å². The van der Waals surface area contributed by atoms with Crippen LogP contribution < -0.4 is 4.90 Å². The van der Waals surface area contributed by atoms with Crippen LogP contribution in [0.2, 0.25) is 0 Å². The molecule has 0 saturated heterocycles. The first-order valence-corrected chi connectivity index (χ1v) is 9.89. The van der Waals surface area contributed by atoms with Crippen LogP contribution in [0.1, 0.15) is 15.9 Å². The van der Waals surface area contributed by atoms with Crippen molar-refractivity contribution < 1.29 is 18.1 Å². The van der Waals surface area contributed by atoms with Crippen LogP contribution in [0.5, 0.6) is 0 Å². The molecule has 0 unspecified atom stereocenters. The average Bonchev–Trinajstić information content (AvgIpc) is 2.60. The van der Waals surface area contributed by atoms with Gasteiger partial charge in [-0.05, 0) is 23.8 Å². The van der Waals surface area contributed by atoms with Crippen molar-refractivity contribution in [1.29, 1.82) is 0 Å². The average molecular weight is 391 g/mol. The molecule has 0 saturated carbocycles. The quantitative estimate of drug-likeness (QED) is 0.553. The Hall–Kier alpha value is -2.94. The number of amides is 1. The Bertz CT molecular complexity index is 969. The molecular weight excluding hydrogens is 370 g/mol. The van der Waals surface area contributed by atoms with Crippen LogP contribution in [-0.4, -0.2) is 51.5 Å². The number of anilines is 1. The van der Waals surface area contributed by atoms with Gasteiger partial charge >= 0.3 is 0 Å². The van der Waals surface area contributed by atoms with Crippen LogP contribution in [-0.2, 0) is 16.4 Å². The second kappa shape index (κ2) is 7.75. The van der Waals surface area contributed by atoms with E-state index >= 15 is 0 Å². The summed E-state index contributed by atoms with van der Waals surface area (Å²) in [6.07, 6.45) is 0.941. The second-order valence-corrected chi connectivity index (χ2v) is 8.48. The number of carbonyl (C=O) groups is 1. The maximum atomic E-state index is 12.7. The van der Waals surface area contributed by atoms with E-state index in [-0.39, 0.29) is 17.0 Å². The lowest BCUT2D eigenvalue weighted by molar-refractivity contribution is -0.385. The van der Waals surface area contributed by atoms with Crippen molar-refractivity contribution in [3.63, 3.8) is 0 Å². The SMILES string of the molecule is CN(Cc1ccc(N(C)C)cc1)C(=O)c1cc([N+](=O)[O-])cc(S(C)(=O)=O)c1. The van der Waals surface area contributed by atoms with Gasteiger partial charge in [0.2, 0.25) is 0 Å². The van der Waals surface area contributed by atoms with E-state index in [0.717, 1.165) is 35.7 Å². The molecule has 0 bridgehead atoms. The predicted molar refractivity (Wildman–Crippen MR) is 103 cm³/mol. The first kappa shape index (κ1) is 20.4. The number of nitro groups is 1. The molecule has 0 aliphatic carbocycles. The van der Waals surface area contributed by atoms with Gasteiger partial charge < -0.3 is 9.80 Å². The Labute approximate surface area is 158 Å². The molecule has 2 rings (SSSR count). The van der Waals surface area contributed by atoms with Gasteiger partial charge in [0.1, 0.15) is 0 Å². The first-order chi connectivity index (χ1) is 12.5. The molecule has 9 heteroatoms. The van der Waals surface area contributed by atoms with E-state index in [0.29, 0.717) is 0 Å². The van der Waals surface area contributed by atoms with Gasteiger partial charge in [-0.1, -0.05) is 12.1 Å². The summed E-state index contributed by atoms with van der Waals surface area (Å²) < 4.78 is 23.6. The van der Waals surface area contributed by atoms with E-state index < -0.39 is 26.4 Å². The molecule has 1 amide bonds. The van der Waals surface area contributed by atoms with E-state index in [1.54, 1.807) is 7.05 Å². The Kier molecular flexibility index (Phi) is 5.85. The summed E-state index contributed by atoms with van der Waals surface area (Å²) >= 11 is 0.